The van der Waals surface area contributed by atoms with Crippen LogP contribution in [0.4, 0.5) is 5.69 Å². The number of likely N-dealkylation sites (N-methyl/N-ethyl adjacent to an activating group) is 1. The van der Waals surface area contributed by atoms with Crippen LogP contribution in [0.3, 0.4) is 0 Å². The molecule has 0 unspecified atom stereocenters. The summed E-state index contributed by atoms with van der Waals surface area (Å²) in [7, 11) is 1.60. The molecule has 0 saturated carbocycles. The minimum Gasteiger partial charge on any atom is -0.480 e. The average Bonchev–Trinajstić information content (AvgIpc) is 2.30. The van der Waals surface area contributed by atoms with Gasteiger partial charge in [0.25, 0.3) is 0 Å². The van der Waals surface area contributed by atoms with E-state index < -0.39 is 5.97 Å². The lowest BCUT2D eigenvalue weighted by atomic mass is 10.1. The number of carboxylic acid groups (broad SMARTS) is 1. The van der Waals surface area contributed by atoms with E-state index in [1.54, 1.807) is 7.05 Å². The largest absolute Gasteiger partial charge is 0.480 e. The van der Waals surface area contributed by atoms with E-state index in [-0.39, 0.29) is 19.0 Å². The second kappa shape index (κ2) is 7.53. The Morgan fingerprint density at radius 3 is 2.37 bits per heavy atom. The number of amides is 1. The molecule has 0 spiro atoms. The van der Waals surface area contributed by atoms with Crippen molar-refractivity contribution in [3.8, 4) is 0 Å². The van der Waals surface area contributed by atoms with Gasteiger partial charge in [0.1, 0.15) is 0 Å². The Labute approximate surface area is 113 Å². The van der Waals surface area contributed by atoms with Crippen molar-refractivity contribution in [3.05, 3.63) is 29.8 Å². The molecule has 1 amide bonds. The number of hydrogen-bond donors (Lipinski definition) is 2. The SMILES string of the molecule is CCCc1ccc(NC(=O)CN(C)CC(=O)O)cc1. The van der Waals surface area contributed by atoms with Gasteiger partial charge in [-0.05, 0) is 31.2 Å². The number of nitrogens with one attached hydrogen (secondary N) is 1. The molecule has 0 radical (unpaired) electrons. The van der Waals surface area contributed by atoms with Crippen LogP contribution in [0, 0.1) is 0 Å². The van der Waals surface area contributed by atoms with E-state index in [2.05, 4.69) is 12.2 Å². The van der Waals surface area contributed by atoms with Crippen molar-refractivity contribution >= 4 is 17.6 Å². The third-order valence-electron chi connectivity index (χ3n) is 2.60. The van der Waals surface area contributed by atoms with Gasteiger partial charge in [-0.25, -0.2) is 0 Å². The van der Waals surface area contributed by atoms with Crippen LogP contribution in [0.2, 0.25) is 0 Å². The summed E-state index contributed by atoms with van der Waals surface area (Å²) >= 11 is 0. The van der Waals surface area contributed by atoms with Crippen molar-refractivity contribution in [1.29, 1.82) is 0 Å². The number of aliphatic carboxylic acids is 1. The second-order valence-corrected chi connectivity index (χ2v) is 4.56. The molecule has 0 aromatic heterocycles. The summed E-state index contributed by atoms with van der Waals surface area (Å²) < 4.78 is 0. The zero-order valence-corrected chi connectivity index (χ0v) is 11.3. The number of rotatable bonds is 7. The molecule has 0 fully saturated rings. The van der Waals surface area contributed by atoms with Crippen LogP contribution in [-0.2, 0) is 16.0 Å². The van der Waals surface area contributed by atoms with E-state index in [4.69, 9.17) is 5.11 Å². The molecule has 5 heteroatoms. The molecule has 0 aliphatic rings. The fourth-order valence-electron chi connectivity index (χ4n) is 1.78. The van der Waals surface area contributed by atoms with Gasteiger partial charge < -0.3 is 10.4 Å². The minimum absolute atomic E-state index is 0.0585. The molecule has 1 rings (SSSR count). The Hall–Kier alpha value is -1.88. The van der Waals surface area contributed by atoms with Crippen molar-refractivity contribution in [2.24, 2.45) is 0 Å². The van der Waals surface area contributed by atoms with Crippen molar-refractivity contribution in [2.75, 3.05) is 25.5 Å². The summed E-state index contributed by atoms with van der Waals surface area (Å²) in [6.45, 7) is 2.03. The lowest BCUT2D eigenvalue weighted by molar-refractivity contribution is -0.138. The molecule has 1 aromatic rings. The van der Waals surface area contributed by atoms with Crippen molar-refractivity contribution < 1.29 is 14.7 Å². The zero-order chi connectivity index (χ0) is 14.3. The van der Waals surface area contributed by atoms with Gasteiger partial charge in [0.15, 0.2) is 0 Å². The quantitative estimate of drug-likeness (QED) is 0.784. The van der Waals surface area contributed by atoms with E-state index in [0.29, 0.717) is 0 Å². The first-order valence-corrected chi connectivity index (χ1v) is 6.30. The third-order valence-corrected chi connectivity index (χ3v) is 2.60. The molecule has 2 N–H and O–H groups in total. The van der Waals surface area contributed by atoms with E-state index >= 15 is 0 Å². The van der Waals surface area contributed by atoms with Gasteiger partial charge in [0.05, 0.1) is 13.1 Å². The molecule has 0 saturated heterocycles. The molecule has 0 heterocycles. The smallest absolute Gasteiger partial charge is 0.317 e. The highest BCUT2D eigenvalue weighted by Gasteiger charge is 2.09. The maximum atomic E-state index is 11.7. The van der Waals surface area contributed by atoms with Crippen molar-refractivity contribution in [2.45, 2.75) is 19.8 Å². The highest BCUT2D eigenvalue weighted by Crippen LogP contribution is 2.10. The zero-order valence-electron chi connectivity index (χ0n) is 11.3. The van der Waals surface area contributed by atoms with E-state index in [0.717, 1.165) is 18.5 Å². The monoisotopic (exact) mass is 264 g/mol. The number of nitrogens with zero attached hydrogens (tertiary/aromatic N) is 1. The van der Waals surface area contributed by atoms with Gasteiger partial charge in [-0.1, -0.05) is 25.5 Å². The fourth-order valence-corrected chi connectivity index (χ4v) is 1.78. The number of anilines is 1. The number of carbonyl (C=O) groups excluding carboxylic acids is 1. The maximum Gasteiger partial charge on any atom is 0.317 e. The molecule has 19 heavy (non-hydrogen) atoms. The first-order valence-electron chi connectivity index (χ1n) is 6.30. The number of carboxylic acids is 1. The van der Waals surface area contributed by atoms with Gasteiger partial charge >= 0.3 is 5.97 Å². The molecular formula is C14H20N2O3. The van der Waals surface area contributed by atoms with Gasteiger partial charge in [-0.3, -0.25) is 14.5 Å². The predicted octanol–water partition coefficient (Wildman–Crippen LogP) is 1.59. The van der Waals surface area contributed by atoms with Crippen LogP contribution >= 0.6 is 0 Å². The Kier molecular flexibility index (Phi) is 6.02. The van der Waals surface area contributed by atoms with E-state index in [9.17, 15) is 9.59 Å². The first kappa shape index (κ1) is 15.2. The fraction of sp³-hybridized carbons (Fsp3) is 0.429. The molecule has 0 atom stereocenters. The van der Waals surface area contributed by atoms with Crippen LogP contribution in [0.1, 0.15) is 18.9 Å². The maximum absolute atomic E-state index is 11.7. The molecule has 104 valence electrons. The van der Waals surface area contributed by atoms with Crippen LogP contribution in [0.15, 0.2) is 24.3 Å². The standard InChI is InChI=1S/C14H20N2O3/c1-3-4-11-5-7-12(8-6-11)15-13(17)9-16(2)10-14(18)19/h5-8H,3-4,9-10H2,1-2H3,(H,15,17)(H,18,19). The number of hydrogen-bond acceptors (Lipinski definition) is 3. The topological polar surface area (TPSA) is 69.6 Å². The summed E-state index contributed by atoms with van der Waals surface area (Å²) in [5.41, 5.74) is 1.97. The minimum atomic E-state index is -0.945. The summed E-state index contributed by atoms with van der Waals surface area (Å²) in [6.07, 6.45) is 2.11. The second-order valence-electron chi connectivity index (χ2n) is 4.56. The van der Waals surface area contributed by atoms with Crippen molar-refractivity contribution in [3.63, 3.8) is 0 Å². The Balaban J connectivity index is 2.45. The van der Waals surface area contributed by atoms with Crippen LogP contribution in [-0.4, -0.2) is 42.0 Å². The summed E-state index contributed by atoms with van der Waals surface area (Å²) in [5.74, 6) is -1.16. The van der Waals surface area contributed by atoms with Gasteiger partial charge in [-0.15, -0.1) is 0 Å². The molecule has 1 aromatic carbocycles. The van der Waals surface area contributed by atoms with Gasteiger partial charge in [0.2, 0.25) is 5.91 Å². The van der Waals surface area contributed by atoms with E-state index in [1.807, 2.05) is 24.3 Å². The molecular weight excluding hydrogens is 244 g/mol. The summed E-state index contributed by atoms with van der Waals surface area (Å²) in [6, 6.07) is 7.69. The summed E-state index contributed by atoms with van der Waals surface area (Å²) in [4.78, 5) is 23.6. The van der Waals surface area contributed by atoms with Crippen molar-refractivity contribution in [1.82, 2.24) is 4.90 Å². The molecule has 5 nitrogen and oxygen atoms in total. The Morgan fingerprint density at radius 2 is 1.84 bits per heavy atom. The predicted molar refractivity (Wildman–Crippen MR) is 74.2 cm³/mol. The molecule has 0 aliphatic heterocycles. The molecule has 0 bridgehead atoms. The summed E-state index contributed by atoms with van der Waals surface area (Å²) in [5, 5.41) is 11.3. The lowest BCUT2D eigenvalue weighted by Crippen LogP contribution is -2.33. The lowest BCUT2D eigenvalue weighted by Gasteiger charge is -2.13. The highest BCUT2D eigenvalue weighted by atomic mass is 16.4. The number of aryl methyl sites for hydroxylation is 1. The normalized spacial score (nSPS) is 10.5. The first-order chi connectivity index (χ1) is 9.01. The van der Waals surface area contributed by atoms with E-state index in [1.165, 1.54) is 10.5 Å². The number of benzene rings is 1. The highest BCUT2D eigenvalue weighted by molar-refractivity contribution is 5.92. The number of carbonyl (C=O) groups is 2. The average molecular weight is 264 g/mol. The van der Waals surface area contributed by atoms with Gasteiger partial charge in [0, 0.05) is 5.69 Å². The van der Waals surface area contributed by atoms with Crippen LogP contribution in [0.25, 0.3) is 0 Å². The van der Waals surface area contributed by atoms with Gasteiger partial charge in [-0.2, -0.15) is 0 Å². The molecule has 0 aliphatic carbocycles. The Bertz CT molecular complexity index is 429. The third kappa shape index (κ3) is 6.01. The van der Waals surface area contributed by atoms with Crippen LogP contribution in [0.5, 0.6) is 0 Å². The van der Waals surface area contributed by atoms with Crippen LogP contribution < -0.4 is 5.32 Å². The Morgan fingerprint density at radius 1 is 1.21 bits per heavy atom.